The summed E-state index contributed by atoms with van der Waals surface area (Å²) in [5, 5.41) is 9.85. The van der Waals surface area contributed by atoms with Crippen molar-refractivity contribution in [3.8, 4) is 0 Å². The van der Waals surface area contributed by atoms with Crippen molar-refractivity contribution >= 4 is 23.3 Å². The van der Waals surface area contributed by atoms with Gasteiger partial charge in [-0.05, 0) is 31.5 Å². The zero-order valence-corrected chi connectivity index (χ0v) is 11.4. The molecule has 0 aliphatic heterocycles. The molecule has 0 unspecified atom stereocenters. The Bertz CT molecular complexity index is 576. The molecule has 0 bridgehead atoms. The normalized spacial score (nSPS) is 10.3. The molecule has 100 valence electrons. The van der Waals surface area contributed by atoms with E-state index in [0.29, 0.717) is 28.7 Å². The molecule has 0 atom stereocenters. The lowest BCUT2D eigenvalue weighted by molar-refractivity contribution is 0.251. The number of nitrogens with one attached hydrogen (secondary N) is 2. The van der Waals surface area contributed by atoms with E-state index in [1.807, 2.05) is 12.1 Å². The minimum atomic E-state index is -0.311. The smallest absolute Gasteiger partial charge is 0.319 e. The number of carbonyl (C=O) groups excluding carboxylic acids is 1. The third kappa shape index (κ3) is 3.48. The van der Waals surface area contributed by atoms with E-state index < -0.39 is 0 Å². The van der Waals surface area contributed by atoms with E-state index in [-0.39, 0.29) is 6.03 Å². The third-order valence-electron chi connectivity index (χ3n) is 2.61. The third-order valence-corrected chi connectivity index (χ3v) is 2.85. The summed E-state index contributed by atoms with van der Waals surface area (Å²) in [5.41, 5.74) is 2.18. The molecule has 1 aromatic carbocycles. The highest BCUT2D eigenvalue weighted by atomic mass is 35.5. The van der Waals surface area contributed by atoms with Crippen molar-refractivity contribution in [3.63, 3.8) is 0 Å². The van der Waals surface area contributed by atoms with Gasteiger partial charge in [0.25, 0.3) is 0 Å². The topological polar surface area (TPSA) is 67.2 Å². The van der Waals surface area contributed by atoms with Crippen LogP contribution < -0.4 is 10.6 Å². The molecule has 0 fully saturated rings. The van der Waals surface area contributed by atoms with Crippen LogP contribution in [0.3, 0.4) is 0 Å². The molecule has 0 aliphatic carbocycles. The number of benzene rings is 1. The number of hydrogen-bond acceptors (Lipinski definition) is 3. The molecule has 2 rings (SSSR count). The van der Waals surface area contributed by atoms with Crippen molar-refractivity contribution in [1.82, 2.24) is 10.5 Å². The number of carbonyl (C=O) groups is 1. The molecular weight excluding hydrogens is 266 g/mol. The summed E-state index contributed by atoms with van der Waals surface area (Å²) in [6.45, 7) is 3.91. The molecule has 2 N–H and O–H groups in total. The minimum Gasteiger partial charge on any atom is -0.359 e. The Balaban J connectivity index is 1.92. The molecular formula is C13H14ClN3O2. The summed E-state index contributed by atoms with van der Waals surface area (Å²) in [7, 11) is 0. The van der Waals surface area contributed by atoms with Crippen LogP contribution in [0.25, 0.3) is 0 Å². The maximum atomic E-state index is 11.7. The number of halogens is 1. The summed E-state index contributed by atoms with van der Waals surface area (Å²) in [6, 6.07) is 7.01. The fourth-order valence-corrected chi connectivity index (χ4v) is 1.86. The van der Waals surface area contributed by atoms with Crippen LogP contribution in [0.15, 0.2) is 28.8 Å². The number of nitrogens with zero attached hydrogens (tertiary/aromatic N) is 1. The average molecular weight is 280 g/mol. The van der Waals surface area contributed by atoms with Crippen LogP contribution >= 0.6 is 11.6 Å². The highest BCUT2D eigenvalue weighted by Gasteiger charge is 2.11. The Morgan fingerprint density at radius 3 is 2.84 bits per heavy atom. The molecule has 0 saturated carbocycles. The summed E-state index contributed by atoms with van der Waals surface area (Å²) in [6.07, 6.45) is 0. The number of aromatic nitrogens is 1. The highest BCUT2D eigenvalue weighted by molar-refractivity contribution is 6.30. The summed E-state index contributed by atoms with van der Waals surface area (Å²) >= 11 is 5.87. The van der Waals surface area contributed by atoms with Gasteiger partial charge < -0.3 is 15.2 Å². The number of aryl methyl sites for hydroxylation is 2. The second-order valence-corrected chi connectivity index (χ2v) is 4.57. The quantitative estimate of drug-likeness (QED) is 0.906. The predicted octanol–water partition coefficient (Wildman–Crippen LogP) is 3.27. The van der Waals surface area contributed by atoms with E-state index in [1.54, 1.807) is 26.0 Å². The van der Waals surface area contributed by atoms with Crippen molar-refractivity contribution in [2.24, 2.45) is 0 Å². The Labute approximate surface area is 115 Å². The van der Waals surface area contributed by atoms with E-state index in [9.17, 15) is 4.79 Å². The van der Waals surface area contributed by atoms with Gasteiger partial charge in [-0.3, -0.25) is 0 Å². The molecule has 0 spiro atoms. The van der Waals surface area contributed by atoms with Crippen LogP contribution in [0.2, 0.25) is 5.02 Å². The van der Waals surface area contributed by atoms with E-state index in [2.05, 4.69) is 15.8 Å². The van der Waals surface area contributed by atoms with Gasteiger partial charge in [0.15, 0.2) is 5.76 Å². The molecule has 6 heteroatoms. The molecule has 19 heavy (non-hydrogen) atoms. The van der Waals surface area contributed by atoms with Crippen LogP contribution in [0.5, 0.6) is 0 Å². The van der Waals surface area contributed by atoms with E-state index in [4.69, 9.17) is 16.1 Å². The number of hydrogen-bond donors (Lipinski definition) is 2. The molecule has 1 aromatic heterocycles. The Hall–Kier alpha value is -2.01. The first kappa shape index (κ1) is 13.4. The number of amides is 2. The van der Waals surface area contributed by atoms with Crippen molar-refractivity contribution < 1.29 is 9.32 Å². The van der Waals surface area contributed by atoms with Gasteiger partial charge in [0.2, 0.25) is 0 Å². The van der Waals surface area contributed by atoms with E-state index in [0.717, 1.165) is 5.56 Å². The highest BCUT2D eigenvalue weighted by Crippen LogP contribution is 2.18. The van der Waals surface area contributed by atoms with Crippen molar-refractivity contribution in [1.29, 1.82) is 0 Å². The van der Waals surface area contributed by atoms with Gasteiger partial charge >= 0.3 is 6.03 Å². The molecule has 2 amide bonds. The zero-order chi connectivity index (χ0) is 13.8. The van der Waals surface area contributed by atoms with E-state index in [1.165, 1.54) is 0 Å². The van der Waals surface area contributed by atoms with Crippen LogP contribution in [0.1, 0.15) is 17.0 Å². The lowest BCUT2D eigenvalue weighted by Gasteiger charge is -2.07. The maximum absolute atomic E-state index is 11.7. The zero-order valence-electron chi connectivity index (χ0n) is 10.7. The lowest BCUT2D eigenvalue weighted by Crippen LogP contribution is -2.28. The van der Waals surface area contributed by atoms with Crippen molar-refractivity contribution in [3.05, 3.63) is 46.3 Å². The second kappa shape index (κ2) is 5.75. The fraction of sp³-hybridized carbons (Fsp3) is 0.231. The first-order valence-corrected chi connectivity index (χ1v) is 6.16. The van der Waals surface area contributed by atoms with Gasteiger partial charge in [0.05, 0.1) is 0 Å². The van der Waals surface area contributed by atoms with Gasteiger partial charge in [-0.2, -0.15) is 0 Å². The summed E-state index contributed by atoms with van der Waals surface area (Å²) in [5.74, 6) is 0.579. The Morgan fingerprint density at radius 1 is 1.42 bits per heavy atom. The Morgan fingerprint density at radius 2 is 2.21 bits per heavy atom. The van der Waals surface area contributed by atoms with Gasteiger partial charge in [0.1, 0.15) is 11.4 Å². The predicted molar refractivity (Wildman–Crippen MR) is 73.3 cm³/mol. The molecule has 2 aromatic rings. The lowest BCUT2D eigenvalue weighted by atomic mass is 10.2. The maximum Gasteiger partial charge on any atom is 0.319 e. The van der Waals surface area contributed by atoms with Gasteiger partial charge in [-0.15, -0.1) is 0 Å². The standard InChI is InChI=1S/C13H14ClN3O2/c1-8-12(9(2)19-17-8)16-13(18)15-7-10-4-3-5-11(14)6-10/h3-6H,7H2,1-2H3,(H2,15,16,18). The van der Waals surface area contributed by atoms with Gasteiger partial charge in [0, 0.05) is 11.6 Å². The molecule has 5 nitrogen and oxygen atoms in total. The summed E-state index contributed by atoms with van der Waals surface area (Å²) < 4.78 is 4.96. The second-order valence-electron chi connectivity index (χ2n) is 4.14. The molecule has 1 heterocycles. The van der Waals surface area contributed by atoms with Crippen LogP contribution in [-0.4, -0.2) is 11.2 Å². The average Bonchev–Trinajstić information content (AvgIpc) is 2.68. The molecule has 0 radical (unpaired) electrons. The van der Waals surface area contributed by atoms with Crippen molar-refractivity contribution in [2.45, 2.75) is 20.4 Å². The molecule has 0 aliphatic rings. The van der Waals surface area contributed by atoms with Gasteiger partial charge in [-0.25, -0.2) is 4.79 Å². The SMILES string of the molecule is Cc1noc(C)c1NC(=O)NCc1cccc(Cl)c1. The van der Waals surface area contributed by atoms with Crippen molar-refractivity contribution in [2.75, 3.05) is 5.32 Å². The largest absolute Gasteiger partial charge is 0.359 e. The van der Waals surface area contributed by atoms with Crippen LogP contribution in [-0.2, 0) is 6.54 Å². The number of anilines is 1. The number of urea groups is 1. The molecule has 0 saturated heterocycles. The van der Waals surface area contributed by atoms with E-state index >= 15 is 0 Å². The fourth-order valence-electron chi connectivity index (χ4n) is 1.65. The monoisotopic (exact) mass is 279 g/mol. The van der Waals surface area contributed by atoms with Crippen LogP contribution in [0.4, 0.5) is 10.5 Å². The van der Waals surface area contributed by atoms with Crippen LogP contribution in [0, 0.1) is 13.8 Å². The first-order valence-electron chi connectivity index (χ1n) is 5.78. The Kier molecular flexibility index (Phi) is 4.06. The first-order chi connectivity index (χ1) is 9.06. The summed E-state index contributed by atoms with van der Waals surface area (Å²) in [4.78, 5) is 11.7. The number of rotatable bonds is 3. The minimum absolute atomic E-state index is 0.311. The van der Waals surface area contributed by atoms with Gasteiger partial charge in [-0.1, -0.05) is 28.9 Å².